The summed E-state index contributed by atoms with van der Waals surface area (Å²) < 4.78 is 7.40. The van der Waals surface area contributed by atoms with Gasteiger partial charge in [0.1, 0.15) is 12.4 Å². The average molecular weight is 527 g/mol. The molecule has 0 aliphatic carbocycles. The molecule has 150 valence electrons. The van der Waals surface area contributed by atoms with E-state index in [-0.39, 0.29) is 5.56 Å². The molecule has 0 bridgehead atoms. The third-order valence-corrected chi connectivity index (χ3v) is 5.58. The smallest absolute Gasteiger partial charge is 0.335 e. The van der Waals surface area contributed by atoms with Crippen molar-refractivity contribution in [2.75, 3.05) is 0 Å². The minimum atomic E-state index is -0.959. The molecule has 0 aliphatic rings. The van der Waals surface area contributed by atoms with E-state index in [9.17, 15) is 10.1 Å². The Bertz CT molecular complexity index is 1120. The number of hydrogen-bond donors (Lipinski definition) is 1. The predicted molar refractivity (Wildman–Crippen MR) is 124 cm³/mol. The summed E-state index contributed by atoms with van der Waals surface area (Å²) in [5.41, 5.74) is 4.51. The number of nitriles is 1. The van der Waals surface area contributed by atoms with E-state index < -0.39 is 5.97 Å². The number of carboxylic acid groups (broad SMARTS) is 1. The molecule has 4 nitrogen and oxygen atoms in total. The van der Waals surface area contributed by atoms with Crippen molar-refractivity contribution in [3.05, 3.63) is 97.4 Å². The molecule has 0 saturated heterocycles. The first-order valence-electron chi connectivity index (χ1n) is 9.00. The van der Waals surface area contributed by atoms with Gasteiger partial charge in [-0.1, -0.05) is 42.0 Å². The van der Waals surface area contributed by atoms with Crippen LogP contribution in [0.3, 0.4) is 0 Å². The molecule has 0 heterocycles. The number of ether oxygens (including phenoxy) is 1. The van der Waals surface area contributed by atoms with E-state index in [1.807, 2.05) is 49.4 Å². The van der Waals surface area contributed by atoms with E-state index in [4.69, 9.17) is 9.84 Å². The number of nitrogens with zero attached hydrogens (tertiary/aromatic N) is 1. The fraction of sp³-hybridized carbons (Fsp3) is 0.0833. The van der Waals surface area contributed by atoms with Crippen molar-refractivity contribution in [1.82, 2.24) is 0 Å². The third-order valence-electron chi connectivity index (χ3n) is 4.40. The highest BCUT2D eigenvalue weighted by Gasteiger charge is 2.11. The first-order valence-corrected chi connectivity index (χ1v) is 10.6. The molecule has 30 heavy (non-hydrogen) atoms. The molecule has 0 fully saturated rings. The Balaban J connectivity index is 1.80. The summed E-state index contributed by atoms with van der Waals surface area (Å²) in [6.07, 6.45) is 1.83. The van der Waals surface area contributed by atoms with Gasteiger partial charge in [0.25, 0.3) is 0 Å². The lowest BCUT2D eigenvalue weighted by Gasteiger charge is -2.12. The summed E-state index contributed by atoms with van der Waals surface area (Å²) >= 11 is 7.07. The number of carboxylic acids is 1. The van der Waals surface area contributed by atoms with Crippen LogP contribution in [0.15, 0.2) is 69.6 Å². The Morgan fingerprint density at radius 1 is 1.03 bits per heavy atom. The number of benzene rings is 3. The Kier molecular flexibility index (Phi) is 7.09. The van der Waals surface area contributed by atoms with Crippen molar-refractivity contribution in [1.29, 1.82) is 5.26 Å². The lowest BCUT2D eigenvalue weighted by atomic mass is 10.0. The van der Waals surface area contributed by atoms with Crippen molar-refractivity contribution in [2.45, 2.75) is 13.5 Å². The van der Waals surface area contributed by atoms with Crippen LogP contribution in [0.25, 0.3) is 11.6 Å². The maximum absolute atomic E-state index is 10.9. The number of carbonyl (C=O) groups is 1. The lowest BCUT2D eigenvalue weighted by molar-refractivity contribution is 0.0697. The molecule has 6 heteroatoms. The maximum Gasteiger partial charge on any atom is 0.335 e. The summed E-state index contributed by atoms with van der Waals surface area (Å²) in [6.45, 7) is 2.30. The van der Waals surface area contributed by atoms with E-state index in [0.717, 1.165) is 31.2 Å². The minimum Gasteiger partial charge on any atom is -0.487 e. The quantitative estimate of drug-likeness (QED) is 0.281. The molecule has 0 aliphatic heterocycles. The molecule has 0 unspecified atom stereocenters. The number of aryl methyl sites for hydroxylation is 1. The Hall–Kier alpha value is -2.88. The molecule has 0 spiro atoms. The molecule has 3 rings (SSSR count). The highest BCUT2D eigenvalue weighted by molar-refractivity contribution is 9.11. The van der Waals surface area contributed by atoms with Gasteiger partial charge in [0, 0.05) is 0 Å². The Morgan fingerprint density at radius 3 is 2.13 bits per heavy atom. The van der Waals surface area contributed by atoms with E-state index in [2.05, 4.69) is 37.9 Å². The molecule has 0 saturated carbocycles. The van der Waals surface area contributed by atoms with E-state index in [1.165, 1.54) is 0 Å². The van der Waals surface area contributed by atoms with Crippen LogP contribution in [0.2, 0.25) is 0 Å². The highest BCUT2D eigenvalue weighted by atomic mass is 79.9. The van der Waals surface area contributed by atoms with E-state index in [1.54, 1.807) is 24.3 Å². The molecule has 0 radical (unpaired) electrons. The summed E-state index contributed by atoms with van der Waals surface area (Å²) in [7, 11) is 0. The zero-order chi connectivity index (χ0) is 21.7. The van der Waals surface area contributed by atoms with Crippen LogP contribution < -0.4 is 4.74 Å². The van der Waals surface area contributed by atoms with Crippen molar-refractivity contribution in [2.24, 2.45) is 0 Å². The second-order valence-corrected chi connectivity index (χ2v) is 8.35. The molecule has 0 amide bonds. The second kappa shape index (κ2) is 9.75. The van der Waals surface area contributed by atoms with Gasteiger partial charge >= 0.3 is 5.97 Å². The average Bonchev–Trinajstić information content (AvgIpc) is 2.72. The van der Waals surface area contributed by atoms with Crippen molar-refractivity contribution in [3.8, 4) is 11.8 Å². The Labute approximate surface area is 191 Å². The van der Waals surface area contributed by atoms with Crippen LogP contribution in [0.4, 0.5) is 0 Å². The Morgan fingerprint density at radius 2 is 1.60 bits per heavy atom. The summed E-state index contributed by atoms with van der Waals surface area (Å²) in [6, 6.07) is 20.4. The monoisotopic (exact) mass is 525 g/mol. The molecule has 1 N–H and O–H groups in total. The minimum absolute atomic E-state index is 0.235. The van der Waals surface area contributed by atoms with Gasteiger partial charge in [0.2, 0.25) is 0 Å². The third kappa shape index (κ3) is 5.38. The summed E-state index contributed by atoms with van der Waals surface area (Å²) in [4.78, 5) is 10.9. The molecule has 0 aromatic heterocycles. The first-order chi connectivity index (χ1) is 14.4. The molecule has 3 aromatic carbocycles. The summed E-state index contributed by atoms with van der Waals surface area (Å²) in [5, 5.41) is 18.5. The van der Waals surface area contributed by atoms with Gasteiger partial charge in [-0.05, 0) is 85.8 Å². The van der Waals surface area contributed by atoms with Crippen molar-refractivity contribution < 1.29 is 14.6 Å². The molecule has 3 aromatic rings. The van der Waals surface area contributed by atoms with E-state index in [0.29, 0.717) is 17.9 Å². The molecular weight excluding hydrogens is 510 g/mol. The zero-order valence-corrected chi connectivity index (χ0v) is 19.2. The van der Waals surface area contributed by atoms with E-state index >= 15 is 0 Å². The zero-order valence-electron chi connectivity index (χ0n) is 16.0. The van der Waals surface area contributed by atoms with Crippen LogP contribution in [0, 0.1) is 18.3 Å². The largest absolute Gasteiger partial charge is 0.487 e. The molecule has 0 atom stereocenters. The van der Waals surface area contributed by atoms with Gasteiger partial charge in [0.05, 0.1) is 26.2 Å². The highest BCUT2D eigenvalue weighted by Crippen LogP contribution is 2.36. The fourth-order valence-corrected chi connectivity index (χ4v) is 4.23. The van der Waals surface area contributed by atoms with Crippen LogP contribution in [-0.2, 0) is 6.61 Å². The van der Waals surface area contributed by atoms with Gasteiger partial charge < -0.3 is 9.84 Å². The van der Waals surface area contributed by atoms with Crippen LogP contribution in [0.1, 0.15) is 32.6 Å². The second-order valence-electron chi connectivity index (χ2n) is 6.64. The van der Waals surface area contributed by atoms with Crippen molar-refractivity contribution >= 4 is 49.5 Å². The van der Waals surface area contributed by atoms with Crippen LogP contribution in [-0.4, -0.2) is 11.1 Å². The number of hydrogen-bond acceptors (Lipinski definition) is 3. The van der Waals surface area contributed by atoms with Gasteiger partial charge in [-0.15, -0.1) is 0 Å². The maximum atomic E-state index is 10.9. The van der Waals surface area contributed by atoms with Gasteiger partial charge in [0.15, 0.2) is 0 Å². The number of aromatic carboxylic acids is 1. The number of allylic oxidation sites excluding steroid dienone is 1. The lowest BCUT2D eigenvalue weighted by Crippen LogP contribution is -2.00. The van der Waals surface area contributed by atoms with Crippen molar-refractivity contribution in [3.63, 3.8) is 0 Å². The first kappa shape index (κ1) is 21.8. The number of rotatable bonds is 6. The van der Waals surface area contributed by atoms with Crippen LogP contribution in [0.5, 0.6) is 5.75 Å². The predicted octanol–water partition coefficient (Wildman–Crippen LogP) is 6.86. The standard InChI is InChI=1S/C24H17Br2NO3/c1-15-2-6-18(7-3-15)20(13-27)10-17-11-21(25)23(22(26)12-17)30-14-16-4-8-19(9-5-16)24(28)29/h2-12H,14H2,1H3,(H,28,29)/b20-10-. The van der Waals surface area contributed by atoms with Crippen LogP contribution >= 0.6 is 31.9 Å². The normalized spacial score (nSPS) is 11.1. The number of halogens is 2. The summed E-state index contributed by atoms with van der Waals surface area (Å²) in [5.74, 6) is -0.331. The SMILES string of the molecule is Cc1ccc(/C(C#N)=C\c2cc(Br)c(OCc3ccc(C(=O)O)cc3)c(Br)c2)cc1. The topological polar surface area (TPSA) is 70.3 Å². The molecular formula is C24H17Br2NO3. The van der Waals surface area contributed by atoms with Gasteiger partial charge in [-0.2, -0.15) is 5.26 Å². The fourth-order valence-electron chi connectivity index (χ4n) is 2.78. The van der Waals surface area contributed by atoms with Gasteiger partial charge in [-0.25, -0.2) is 4.79 Å². The van der Waals surface area contributed by atoms with Gasteiger partial charge in [-0.3, -0.25) is 0 Å².